The van der Waals surface area contributed by atoms with E-state index in [-0.39, 0.29) is 11.7 Å². The summed E-state index contributed by atoms with van der Waals surface area (Å²) in [6.45, 7) is 8.11. The molecule has 3 aliphatic rings. The summed E-state index contributed by atoms with van der Waals surface area (Å²) in [5.41, 5.74) is -0.613. The molecule has 0 aromatic carbocycles. The number of carbonyl (C=O) groups is 1. The average molecular weight is 250 g/mol. The number of allylic oxidation sites excluding steroid dienone is 1. The van der Waals surface area contributed by atoms with Crippen LogP contribution in [0.1, 0.15) is 34.1 Å². The van der Waals surface area contributed by atoms with Crippen molar-refractivity contribution in [2.45, 2.75) is 45.8 Å². The van der Waals surface area contributed by atoms with Gasteiger partial charge in [-0.3, -0.25) is 4.79 Å². The van der Waals surface area contributed by atoms with Crippen molar-refractivity contribution in [3.05, 3.63) is 11.6 Å². The smallest absolute Gasteiger partial charge is 0.139 e. The number of aliphatic hydroxyl groups is 2. The largest absolute Gasteiger partial charge is 0.389 e. The molecule has 0 heterocycles. The van der Waals surface area contributed by atoms with Crippen molar-refractivity contribution in [2.75, 3.05) is 0 Å². The van der Waals surface area contributed by atoms with Crippen LogP contribution in [0.3, 0.4) is 0 Å². The summed E-state index contributed by atoms with van der Waals surface area (Å²) in [5.74, 6) is 0.412. The third kappa shape index (κ3) is 1.15. The molecule has 3 heteroatoms. The first kappa shape index (κ1) is 12.4. The second kappa shape index (κ2) is 3.26. The second-order valence-electron chi connectivity index (χ2n) is 7.18. The monoisotopic (exact) mass is 250 g/mol. The van der Waals surface area contributed by atoms with Gasteiger partial charge in [-0.2, -0.15) is 0 Å². The van der Waals surface area contributed by atoms with Crippen LogP contribution in [0.2, 0.25) is 0 Å². The zero-order valence-electron chi connectivity index (χ0n) is 11.5. The Bertz CT molecular complexity index is 451. The quantitative estimate of drug-likeness (QED) is 0.641. The van der Waals surface area contributed by atoms with E-state index >= 15 is 0 Å². The molecule has 0 radical (unpaired) electrons. The topological polar surface area (TPSA) is 57.5 Å². The van der Waals surface area contributed by atoms with E-state index in [4.69, 9.17) is 0 Å². The molecule has 3 rings (SSSR count). The van der Waals surface area contributed by atoms with Gasteiger partial charge in [0.05, 0.1) is 12.0 Å². The first-order valence-electron chi connectivity index (χ1n) is 6.83. The Morgan fingerprint density at radius 1 is 1.39 bits per heavy atom. The highest BCUT2D eigenvalue weighted by Crippen LogP contribution is 2.64. The fourth-order valence-corrected chi connectivity index (χ4v) is 5.08. The van der Waals surface area contributed by atoms with Gasteiger partial charge >= 0.3 is 0 Å². The van der Waals surface area contributed by atoms with Crippen LogP contribution in [0, 0.1) is 29.1 Å². The number of rotatable bonds is 0. The fraction of sp³-hybridized carbons (Fsp3) is 0.800. The summed E-state index contributed by atoms with van der Waals surface area (Å²) in [4.78, 5) is 12.3. The highest BCUT2D eigenvalue weighted by molar-refractivity contribution is 5.86. The van der Waals surface area contributed by atoms with Crippen LogP contribution in [0.15, 0.2) is 11.6 Å². The van der Waals surface area contributed by atoms with Gasteiger partial charge in [0.25, 0.3) is 0 Å². The van der Waals surface area contributed by atoms with Gasteiger partial charge < -0.3 is 10.2 Å². The number of carbonyl (C=O) groups excluding carboxylic acids is 1. The van der Waals surface area contributed by atoms with Gasteiger partial charge in [-0.05, 0) is 30.1 Å². The molecule has 3 nitrogen and oxygen atoms in total. The molecular formula is C15H22O3. The van der Waals surface area contributed by atoms with Gasteiger partial charge in [0.2, 0.25) is 0 Å². The lowest BCUT2D eigenvalue weighted by Crippen LogP contribution is -2.52. The zero-order valence-corrected chi connectivity index (χ0v) is 11.5. The van der Waals surface area contributed by atoms with Crippen molar-refractivity contribution in [1.82, 2.24) is 0 Å². The molecule has 3 aliphatic carbocycles. The molecule has 6 atom stereocenters. The van der Waals surface area contributed by atoms with E-state index in [0.29, 0.717) is 18.3 Å². The van der Waals surface area contributed by atoms with E-state index in [0.717, 1.165) is 5.57 Å². The average Bonchev–Trinajstić information content (AvgIpc) is 2.35. The van der Waals surface area contributed by atoms with Gasteiger partial charge in [-0.1, -0.05) is 32.4 Å². The molecule has 2 saturated carbocycles. The minimum atomic E-state index is -1.34. The summed E-state index contributed by atoms with van der Waals surface area (Å²) in [6.07, 6.45) is 1.45. The van der Waals surface area contributed by atoms with Gasteiger partial charge in [0, 0.05) is 6.42 Å². The molecule has 2 fully saturated rings. The zero-order chi connectivity index (χ0) is 13.5. The van der Waals surface area contributed by atoms with Gasteiger partial charge in [0.1, 0.15) is 11.4 Å². The van der Waals surface area contributed by atoms with Gasteiger partial charge in [-0.15, -0.1) is 0 Å². The van der Waals surface area contributed by atoms with Crippen LogP contribution in [-0.4, -0.2) is 27.7 Å². The van der Waals surface area contributed by atoms with Crippen molar-refractivity contribution in [2.24, 2.45) is 29.1 Å². The predicted octanol–water partition coefficient (Wildman–Crippen LogP) is 1.54. The number of Topliss-reactive ketones (excluding diaryl/α,β-unsaturated/α-hetero) is 1. The van der Waals surface area contributed by atoms with E-state index in [2.05, 4.69) is 6.92 Å². The SMILES string of the molecule is CC1=C[C@@]2(O)C3C(=O)C[C@@H](C)C1C3C(C)(C)[C@H]2O. The Morgan fingerprint density at radius 3 is 2.61 bits per heavy atom. The summed E-state index contributed by atoms with van der Waals surface area (Å²) in [6, 6.07) is 0. The molecule has 0 amide bonds. The van der Waals surface area contributed by atoms with Gasteiger partial charge in [0.15, 0.2) is 0 Å². The lowest BCUT2D eigenvalue weighted by atomic mass is 9.56. The molecule has 0 aromatic rings. The Morgan fingerprint density at radius 2 is 2.00 bits per heavy atom. The van der Waals surface area contributed by atoms with Crippen LogP contribution in [-0.2, 0) is 4.79 Å². The molecule has 3 unspecified atom stereocenters. The summed E-state index contributed by atoms with van der Waals surface area (Å²) < 4.78 is 0. The lowest BCUT2D eigenvalue weighted by Gasteiger charge is -2.47. The van der Waals surface area contributed by atoms with Crippen molar-refractivity contribution < 1.29 is 15.0 Å². The Hall–Kier alpha value is -0.670. The molecule has 0 aliphatic heterocycles. The number of ketones is 1. The fourth-order valence-electron chi connectivity index (χ4n) is 5.08. The molecule has 0 saturated heterocycles. The molecule has 0 aromatic heterocycles. The maximum atomic E-state index is 12.3. The Kier molecular flexibility index (Phi) is 2.24. The van der Waals surface area contributed by atoms with Gasteiger partial charge in [-0.25, -0.2) is 0 Å². The standard InChI is InChI=1S/C15H22O3/c1-7-5-9(16)11-12-10(7)8(2)6-15(11,18)13(17)14(12,3)4/h6-7,10-13,17-18H,5H2,1-4H3/t7-,10?,11?,12?,13-,15-/m1/s1. The Balaban J connectivity index is 2.25. The highest BCUT2D eigenvalue weighted by Gasteiger charge is 2.70. The lowest BCUT2D eigenvalue weighted by molar-refractivity contribution is -0.140. The number of aliphatic hydroxyl groups excluding tert-OH is 1. The summed E-state index contributed by atoms with van der Waals surface area (Å²) in [5, 5.41) is 21.3. The van der Waals surface area contributed by atoms with Crippen LogP contribution in [0.25, 0.3) is 0 Å². The van der Waals surface area contributed by atoms with Crippen LogP contribution < -0.4 is 0 Å². The van der Waals surface area contributed by atoms with E-state index in [1.165, 1.54) is 0 Å². The molecule has 100 valence electrons. The molecular weight excluding hydrogens is 228 g/mol. The third-order valence-electron chi connectivity index (χ3n) is 5.71. The Labute approximate surface area is 108 Å². The minimum absolute atomic E-state index is 0.0683. The number of hydrogen-bond donors (Lipinski definition) is 2. The van der Waals surface area contributed by atoms with Crippen molar-refractivity contribution in [1.29, 1.82) is 0 Å². The summed E-state index contributed by atoms with van der Waals surface area (Å²) >= 11 is 0. The van der Waals surface area contributed by atoms with Crippen molar-refractivity contribution in [3.8, 4) is 0 Å². The first-order chi connectivity index (χ1) is 8.21. The molecule has 18 heavy (non-hydrogen) atoms. The van der Waals surface area contributed by atoms with E-state index in [1.807, 2.05) is 20.8 Å². The highest BCUT2D eigenvalue weighted by atomic mass is 16.3. The maximum absolute atomic E-state index is 12.3. The van der Waals surface area contributed by atoms with E-state index in [9.17, 15) is 15.0 Å². The minimum Gasteiger partial charge on any atom is -0.389 e. The first-order valence-corrected chi connectivity index (χ1v) is 6.83. The second-order valence-corrected chi connectivity index (χ2v) is 7.18. The van der Waals surface area contributed by atoms with Crippen molar-refractivity contribution >= 4 is 5.78 Å². The number of hydrogen-bond acceptors (Lipinski definition) is 3. The summed E-state index contributed by atoms with van der Waals surface area (Å²) in [7, 11) is 0. The predicted molar refractivity (Wildman–Crippen MR) is 67.8 cm³/mol. The van der Waals surface area contributed by atoms with E-state index in [1.54, 1.807) is 6.08 Å². The third-order valence-corrected chi connectivity index (χ3v) is 5.71. The normalized spacial score (nSPS) is 53.3. The molecule has 2 N–H and O–H groups in total. The van der Waals surface area contributed by atoms with E-state index < -0.39 is 23.0 Å². The molecule has 4 bridgehead atoms. The van der Waals surface area contributed by atoms with Crippen molar-refractivity contribution in [3.63, 3.8) is 0 Å². The van der Waals surface area contributed by atoms with Crippen LogP contribution in [0.4, 0.5) is 0 Å². The van der Waals surface area contributed by atoms with Crippen LogP contribution >= 0.6 is 0 Å². The maximum Gasteiger partial charge on any atom is 0.139 e. The van der Waals surface area contributed by atoms with Crippen LogP contribution in [0.5, 0.6) is 0 Å². The molecule has 0 spiro atoms.